The molecule has 0 unspecified atom stereocenters. The fourth-order valence-corrected chi connectivity index (χ4v) is 1.62. The van der Waals surface area contributed by atoms with Crippen LogP contribution in [-0.4, -0.2) is 11.9 Å². The summed E-state index contributed by atoms with van der Waals surface area (Å²) in [5.41, 5.74) is 1.33. The van der Waals surface area contributed by atoms with Crippen LogP contribution in [-0.2, 0) is 13.1 Å². The molecule has 0 saturated carbocycles. The van der Waals surface area contributed by atoms with E-state index in [-0.39, 0.29) is 0 Å². The van der Waals surface area contributed by atoms with Crippen molar-refractivity contribution in [3.8, 4) is 0 Å². The lowest BCUT2D eigenvalue weighted by molar-refractivity contribution is 0.288. The lowest BCUT2D eigenvalue weighted by atomic mass is 10.2. The van der Waals surface area contributed by atoms with Crippen LogP contribution in [0.4, 0.5) is 0 Å². The van der Waals surface area contributed by atoms with Crippen LogP contribution >= 0.6 is 0 Å². The van der Waals surface area contributed by atoms with Crippen LogP contribution in [0.2, 0.25) is 0 Å². The van der Waals surface area contributed by atoms with Gasteiger partial charge in [0.05, 0.1) is 12.8 Å². The Morgan fingerprint density at radius 3 is 2.47 bits per heavy atom. The van der Waals surface area contributed by atoms with Crippen molar-refractivity contribution in [3.05, 3.63) is 60.1 Å². The van der Waals surface area contributed by atoms with Gasteiger partial charge in [-0.3, -0.25) is 4.90 Å². The number of hydrogen-bond donors (Lipinski definition) is 0. The molecule has 0 bridgehead atoms. The normalized spacial score (nSPS) is 10.8. The minimum Gasteiger partial charge on any atom is -0.468 e. The van der Waals surface area contributed by atoms with Gasteiger partial charge in [-0.2, -0.15) is 0 Å². The van der Waals surface area contributed by atoms with Gasteiger partial charge in [-0.05, 0) is 24.7 Å². The molecule has 2 nitrogen and oxygen atoms in total. The Morgan fingerprint density at radius 1 is 1.00 bits per heavy atom. The molecule has 0 atom stereocenters. The molecule has 0 amide bonds. The molecule has 78 valence electrons. The van der Waals surface area contributed by atoms with Gasteiger partial charge in [0.25, 0.3) is 0 Å². The van der Waals surface area contributed by atoms with Gasteiger partial charge in [-0.25, -0.2) is 0 Å². The summed E-state index contributed by atoms with van der Waals surface area (Å²) in [6.45, 7) is 1.80. The highest BCUT2D eigenvalue weighted by Gasteiger charge is 2.02. The fraction of sp³-hybridized carbons (Fsp3) is 0.231. The second kappa shape index (κ2) is 4.80. The maximum atomic E-state index is 5.30. The summed E-state index contributed by atoms with van der Waals surface area (Å²) in [4.78, 5) is 2.23. The molecule has 0 N–H and O–H groups in total. The number of benzene rings is 1. The molecule has 2 aromatic rings. The van der Waals surface area contributed by atoms with E-state index in [2.05, 4.69) is 36.2 Å². The molecular weight excluding hydrogens is 186 g/mol. The highest BCUT2D eigenvalue weighted by atomic mass is 16.3. The molecule has 1 heterocycles. The molecule has 1 aromatic heterocycles. The van der Waals surface area contributed by atoms with E-state index in [1.165, 1.54) is 5.56 Å². The van der Waals surface area contributed by atoms with Gasteiger partial charge in [0.1, 0.15) is 5.76 Å². The lowest BCUT2D eigenvalue weighted by Crippen LogP contribution is -2.16. The molecule has 0 fully saturated rings. The smallest absolute Gasteiger partial charge is 0.117 e. The number of hydrogen-bond acceptors (Lipinski definition) is 2. The topological polar surface area (TPSA) is 16.4 Å². The Morgan fingerprint density at radius 2 is 1.80 bits per heavy atom. The zero-order valence-electron chi connectivity index (χ0n) is 8.89. The summed E-state index contributed by atoms with van der Waals surface area (Å²) in [7, 11) is 2.09. The van der Waals surface area contributed by atoms with Crippen molar-refractivity contribution in [3.63, 3.8) is 0 Å². The Hall–Kier alpha value is -1.54. The van der Waals surface area contributed by atoms with Crippen LogP contribution in [0.25, 0.3) is 0 Å². The standard InChI is InChI=1S/C13H15NO/c1-14(11-13-8-5-9-15-13)10-12-6-3-2-4-7-12/h2-9H,10-11H2,1H3. The van der Waals surface area contributed by atoms with Crippen LogP contribution < -0.4 is 0 Å². The lowest BCUT2D eigenvalue weighted by Gasteiger charge is -2.14. The Balaban J connectivity index is 1.90. The second-order valence-electron chi connectivity index (χ2n) is 3.74. The summed E-state index contributed by atoms with van der Waals surface area (Å²) in [6, 6.07) is 14.4. The molecule has 0 aliphatic rings. The van der Waals surface area contributed by atoms with Crippen molar-refractivity contribution in [2.75, 3.05) is 7.05 Å². The minimum absolute atomic E-state index is 0.849. The first-order valence-corrected chi connectivity index (χ1v) is 5.09. The van der Waals surface area contributed by atoms with Crippen LogP contribution in [0.5, 0.6) is 0 Å². The van der Waals surface area contributed by atoms with Gasteiger partial charge >= 0.3 is 0 Å². The first-order valence-electron chi connectivity index (χ1n) is 5.09. The zero-order chi connectivity index (χ0) is 10.5. The van der Waals surface area contributed by atoms with Crippen LogP contribution in [0.15, 0.2) is 53.1 Å². The molecule has 0 radical (unpaired) electrons. The highest BCUT2D eigenvalue weighted by molar-refractivity contribution is 5.14. The van der Waals surface area contributed by atoms with Gasteiger partial charge in [0.2, 0.25) is 0 Å². The average Bonchev–Trinajstić information content (AvgIpc) is 2.71. The second-order valence-corrected chi connectivity index (χ2v) is 3.74. The highest BCUT2D eigenvalue weighted by Crippen LogP contribution is 2.07. The molecule has 0 aliphatic heterocycles. The first kappa shape index (κ1) is 9.99. The molecule has 2 heteroatoms. The fourth-order valence-electron chi connectivity index (χ4n) is 1.62. The number of rotatable bonds is 4. The van der Waals surface area contributed by atoms with E-state index in [0.717, 1.165) is 18.8 Å². The van der Waals surface area contributed by atoms with Crippen molar-refractivity contribution < 1.29 is 4.42 Å². The molecular formula is C13H15NO. The molecule has 0 aliphatic carbocycles. The van der Waals surface area contributed by atoms with E-state index in [1.807, 2.05) is 18.2 Å². The summed E-state index contributed by atoms with van der Waals surface area (Å²) in [6.07, 6.45) is 1.71. The summed E-state index contributed by atoms with van der Waals surface area (Å²) >= 11 is 0. The summed E-state index contributed by atoms with van der Waals surface area (Å²) in [5, 5.41) is 0. The van der Waals surface area contributed by atoms with E-state index in [9.17, 15) is 0 Å². The van der Waals surface area contributed by atoms with Gasteiger partial charge in [-0.1, -0.05) is 30.3 Å². The van der Waals surface area contributed by atoms with Gasteiger partial charge in [-0.15, -0.1) is 0 Å². The maximum absolute atomic E-state index is 5.30. The Kier molecular flexibility index (Phi) is 3.20. The van der Waals surface area contributed by atoms with E-state index < -0.39 is 0 Å². The van der Waals surface area contributed by atoms with Crippen molar-refractivity contribution >= 4 is 0 Å². The molecule has 1 aromatic carbocycles. The van der Waals surface area contributed by atoms with E-state index in [1.54, 1.807) is 6.26 Å². The summed E-state index contributed by atoms with van der Waals surface area (Å²) in [5.74, 6) is 1.01. The maximum Gasteiger partial charge on any atom is 0.117 e. The molecule has 0 spiro atoms. The van der Waals surface area contributed by atoms with Crippen LogP contribution in [0.3, 0.4) is 0 Å². The van der Waals surface area contributed by atoms with Crippen LogP contribution in [0, 0.1) is 0 Å². The first-order chi connectivity index (χ1) is 7.34. The molecule has 2 rings (SSSR count). The monoisotopic (exact) mass is 201 g/mol. The van der Waals surface area contributed by atoms with Crippen molar-refractivity contribution in [2.24, 2.45) is 0 Å². The third-order valence-corrected chi connectivity index (χ3v) is 2.30. The van der Waals surface area contributed by atoms with Gasteiger partial charge in [0, 0.05) is 6.54 Å². The van der Waals surface area contributed by atoms with Gasteiger partial charge < -0.3 is 4.42 Å². The van der Waals surface area contributed by atoms with Crippen molar-refractivity contribution in [1.29, 1.82) is 0 Å². The molecule has 0 saturated heterocycles. The zero-order valence-corrected chi connectivity index (χ0v) is 8.89. The van der Waals surface area contributed by atoms with Crippen molar-refractivity contribution in [2.45, 2.75) is 13.1 Å². The number of furan rings is 1. The Bertz CT molecular complexity index is 380. The van der Waals surface area contributed by atoms with E-state index >= 15 is 0 Å². The number of nitrogens with zero attached hydrogens (tertiary/aromatic N) is 1. The Labute approximate surface area is 90.1 Å². The van der Waals surface area contributed by atoms with Crippen LogP contribution in [0.1, 0.15) is 11.3 Å². The predicted octanol–water partition coefficient (Wildman–Crippen LogP) is 2.91. The van der Waals surface area contributed by atoms with E-state index in [0.29, 0.717) is 0 Å². The quantitative estimate of drug-likeness (QED) is 0.756. The average molecular weight is 201 g/mol. The molecule has 15 heavy (non-hydrogen) atoms. The summed E-state index contributed by atoms with van der Waals surface area (Å²) < 4.78 is 5.30. The predicted molar refractivity (Wildman–Crippen MR) is 60.3 cm³/mol. The minimum atomic E-state index is 0.849. The van der Waals surface area contributed by atoms with Crippen molar-refractivity contribution in [1.82, 2.24) is 4.90 Å². The van der Waals surface area contributed by atoms with E-state index in [4.69, 9.17) is 4.42 Å². The SMILES string of the molecule is CN(Cc1ccccc1)Cc1ccco1. The third-order valence-electron chi connectivity index (χ3n) is 2.30. The van der Waals surface area contributed by atoms with Gasteiger partial charge in [0.15, 0.2) is 0 Å². The largest absolute Gasteiger partial charge is 0.468 e. The third kappa shape index (κ3) is 2.96.